The van der Waals surface area contributed by atoms with E-state index in [2.05, 4.69) is 4.99 Å². The second-order valence-corrected chi connectivity index (χ2v) is 9.20. The lowest BCUT2D eigenvalue weighted by atomic mass is 9.75. The molecule has 0 aromatic heterocycles. The van der Waals surface area contributed by atoms with Gasteiger partial charge in [-0.1, -0.05) is 72.8 Å². The van der Waals surface area contributed by atoms with Gasteiger partial charge in [0.15, 0.2) is 0 Å². The number of hydrogen-bond acceptors (Lipinski definition) is 6. The number of hydrogen-bond donors (Lipinski definition) is 1. The number of carboxylic acids is 1. The first-order valence-corrected chi connectivity index (χ1v) is 12.3. The van der Waals surface area contributed by atoms with Gasteiger partial charge in [-0.05, 0) is 37.0 Å². The van der Waals surface area contributed by atoms with Gasteiger partial charge in [-0.15, -0.1) is 0 Å². The van der Waals surface area contributed by atoms with Crippen LogP contribution in [0.15, 0.2) is 101 Å². The number of aliphatic imine (C=N–C) groups is 1. The number of benzene rings is 3. The van der Waals surface area contributed by atoms with Gasteiger partial charge >= 0.3 is 11.9 Å². The number of rotatable bonds is 9. The van der Waals surface area contributed by atoms with E-state index in [1.807, 2.05) is 60.7 Å². The minimum Gasteiger partial charge on any atom is -0.481 e. The number of non-ortho nitro benzene ring substituents is 1. The summed E-state index contributed by atoms with van der Waals surface area (Å²) in [6.45, 7) is 3.30. The fourth-order valence-corrected chi connectivity index (χ4v) is 5.06. The molecule has 0 amide bonds. The monoisotopic (exact) mass is 512 g/mol. The second kappa shape index (κ2) is 11.6. The predicted octanol–water partition coefficient (Wildman–Crippen LogP) is 5.89. The molecule has 38 heavy (non-hydrogen) atoms. The summed E-state index contributed by atoms with van der Waals surface area (Å²) in [6.07, 6.45) is 0.512. The van der Waals surface area contributed by atoms with Crippen molar-refractivity contribution in [2.24, 2.45) is 10.9 Å². The topological polar surface area (TPSA) is 119 Å². The van der Waals surface area contributed by atoms with Crippen LogP contribution in [0, 0.1) is 16.0 Å². The molecule has 1 heterocycles. The summed E-state index contributed by atoms with van der Waals surface area (Å²) in [5.41, 5.74) is 3.08. The van der Waals surface area contributed by atoms with E-state index in [4.69, 9.17) is 4.74 Å². The molecule has 4 rings (SSSR count). The van der Waals surface area contributed by atoms with E-state index in [-0.39, 0.29) is 23.8 Å². The molecule has 2 atom stereocenters. The van der Waals surface area contributed by atoms with Gasteiger partial charge in [-0.3, -0.25) is 19.9 Å². The van der Waals surface area contributed by atoms with Gasteiger partial charge in [0.05, 0.1) is 17.1 Å². The highest BCUT2D eigenvalue weighted by atomic mass is 16.6. The molecule has 1 aliphatic heterocycles. The van der Waals surface area contributed by atoms with Crippen LogP contribution >= 0.6 is 0 Å². The van der Waals surface area contributed by atoms with E-state index < -0.39 is 28.7 Å². The van der Waals surface area contributed by atoms with E-state index in [0.29, 0.717) is 23.4 Å². The van der Waals surface area contributed by atoms with Crippen LogP contribution in [0.5, 0.6) is 0 Å². The third-order valence-electron chi connectivity index (χ3n) is 6.80. The Morgan fingerprint density at radius 1 is 0.974 bits per heavy atom. The Balaban J connectivity index is 1.62. The number of nitrogens with zero attached hydrogens (tertiary/aromatic N) is 2. The molecule has 0 saturated carbocycles. The summed E-state index contributed by atoms with van der Waals surface area (Å²) in [7, 11) is 0. The van der Waals surface area contributed by atoms with E-state index in [1.54, 1.807) is 19.9 Å². The maximum Gasteiger partial charge on any atom is 0.336 e. The largest absolute Gasteiger partial charge is 0.481 e. The van der Waals surface area contributed by atoms with Crippen LogP contribution in [0.4, 0.5) is 5.69 Å². The van der Waals surface area contributed by atoms with Crippen molar-refractivity contribution in [3.05, 3.63) is 123 Å². The van der Waals surface area contributed by atoms with Crippen molar-refractivity contribution in [2.75, 3.05) is 6.61 Å². The molecule has 0 radical (unpaired) electrons. The molecule has 1 N–H and O–H groups in total. The first-order chi connectivity index (χ1) is 18.3. The van der Waals surface area contributed by atoms with Crippen LogP contribution in [0.3, 0.4) is 0 Å². The molecule has 8 heteroatoms. The van der Waals surface area contributed by atoms with Crippen LogP contribution < -0.4 is 0 Å². The molecule has 3 aromatic carbocycles. The van der Waals surface area contributed by atoms with Crippen molar-refractivity contribution < 1.29 is 24.4 Å². The number of allylic oxidation sites excluding steroid dienone is 1. The van der Waals surface area contributed by atoms with Gasteiger partial charge in [0.1, 0.15) is 5.92 Å². The van der Waals surface area contributed by atoms with Gasteiger partial charge in [0, 0.05) is 35.4 Å². The summed E-state index contributed by atoms with van der Waals surface area (Å²) in [6, 6.07) is 25.6. The smallest absolute Gasteiger partial charge is 0.336 e. The number of carbonyl (C=O) groups is 2. The quantitative estimate of drug-likeness (QED) is 0.217. The summed E-state index contributed by atoms with van der Waals surface area (Å²) in [5, 5.41) is 21.4. The molecule has 1 aliphatic rings. The minimum absolute atomic E-state index is 0.00812. The van der Waals surface area contributed by atoms with Gasteiger partial charge < -0.3 is 9.84 Å². The Hall–Kier alpha value is -4.59. The van der Waals surface area contributed by atoms with E-state index in [0.717, 1.165) is 11.1 Å². The van der Waals surface area contributed by atoms with Crippen LogP contribution in [-0.4, -0.2) is 34.3 Å². The molecule has 0 aliphatic carbocycles. The first kappa shape index (κ1) is 26.5. The molecule has 0 saturated heterocycles. The second-order valence-electron chi connectivity index (χ2n) is 9.20. The summed E-state index contributed by atoms with van der Waals surface area (Å²) >= 11 is 0. The van der Waals surface area contributed by atoms with Crippen LogP contribution in [0.1, 0.15) is 48.8 Å². The Bertz CT molecular complexity index is 1360. The molecule has 2 unspecified atom stereocenters. The Kier molecular flexibility index (Phi) is 8.11. The molecule has 8 nitrogen and oxygen atoms in total. The lowest BCUT2D eigenvalue weighted by molar-refractivity contribution is -0.384. The number of aliphatic carboxylic acids is 1. The third kappa shape index (κ3) is 5.70. The molecule has 3 aromatic rings. The number of ether oxygens (including phenoxy) is 1. The van der Waals surface area contributed by atoms with Crippen molar-refractivity contribution >= 4 is 23.3 Å². The lowest BCUT2D eigenvalue weighted by Gasteiger charge is -2.30. The Morgan fingerprint density at radius 3 is 2.13 bits per heavy atom. The van der Waals surface area contributed by atoms with Crippen molar-refractivity contribution in [3.63, 3.8) is 0 Å². The zero-order valence-electron chi connectivity index (χ0n) is 21.1. The zero-order chi connectivity index (χ0) is 27.2. The van der Waals surface area contributed by atoms with Crippen LogP contribution in [0.2, 0.25) is 0 Å². The molecular formula is C30H28N2O6. The van der Waals surface area contributed by atoms with E-state index in [1.165, 1.54) is 18.2 Å². The normalized spacial score (nSPS) is 17.2. The fourth-order valence-electron chi connectivity index (χ4n) is 5.06. The molecule has 0 spiro atoms. The Morgan fingerprint density at radius 2 is 1.58 bits per heavy atom. The average Bonchev–Trinajstić information content (AvgIpc) is 2.91. The lowest BCUT2D eigenvalue weighted by Crippen LogP contribution is -2.35. The highest BCUT2D eigenvalue weighted by Gasteiger charge is 2.42. The number of esters is 1. The standard InChI is InChI=1S/C30H28N2O6/c1-19-26(29(33)34)28(23-14-9-15-24(18-23)32(36)37)27(20(2)31-19)30(35)38-17-16-25(21-10-5-3-6-11-21)22-12-7-4-8-13-22/h3-15,18,25-26,28H,16-17H2,1-2H3,(H,33,34). The van der Waals surface area contributed by atoms with Crippen molar-refractivity contribution in [2.45, 2.75) is 32.1 Å². The van der Waals surface area contributed by atoms with E-state index >= 15 is 0 Å². The molecule has 0 bridgehead atoms. The van der Waals surface area contributed by atoms with Crippen molar-refractivity contribution in [3.8, 4) is 0 Å². The average molecular weight is 513 g/mol. The maximum absolute atomic E-state index is 13.5. The van der Waals surface area contributed by atoms with Gasteiger partial charge in [0.2, 0.25) is 0 Å². The van der Waals surface area contributed by atoms with Gasteiger partial charge in [0.25, 0.3) is 5.69 Å². The molecular weight excluding hydrogens is 484 g/mol. The molecule has 0 fully saturated rings. The maximum atomic E-state index is 13.5. The zero-order valence-corrected chi connectivity index (χ0v) is 21.1. The number of nitro benzene ring substituents is 1. The predicted molar refractivity (Wildman–Crippen MR) is 143 cm³/mol. The first-order valence-electron chi connectivity index (χ1n) is 12.3. The summed E-state index contributed by atoms with van der Waals surface area (Å²) in [4.78, 5) is 40.9. The Labute approximate surface area is 220 Å². The SMILES string of the molecule is CC1=NC(C)=C(C(=O)OCCC(c2ccccc2)c2ccccc2)C(c2cccc([N+](=O)[O-])c2)C1C(=O)O. The van der Waals surface area contributed by atoms with Crippen molar-refractivity contribution in [1.29, 1.82) is 0 Å². The number of carbonyl (C=O) groups excluding carboxylic acids is 1. The third-order valence-corrected chi connectivity index (χ3v) is 6.80. The highest BCUT2D eigenvalue weighted by Crippen LogP contribution is 2.40. The number of nitro groups is 1. The van der Waals surface area contributed by atoms with Gasteiger partial charge in [-0.25, -0.2) is 4.79 Å². The number of carboxylic acid groups (broad SMARTS) is 1. The fraction of sp³-hybridized carbons (Fsp3) is 0.233. The van der Waals surface area contributed by atoms with Crippen molar-refractivity contribution in [1.82, 2.24) is 0 Å². The van der Waals surface area contributed by atoms with E-state index in [9.17, 15) is 24.8 Å². The van der Waals surface area contributed by atoms with Crippen LogP contribution in [0.25, 0.3) is 0 Å². The van der Waals surface area contributed by atoms with Crippen LogP contribution in [-0.2, 0) is 14.3 Å². The minimum atomic E-state index is -1.17. The summed E-state index contributed by atoms with van der Waals surface area (Å²) < 4.78 is 5.73. The highest BCUT2D eigenvalue weighted by molar-refractivity contribution is 6.06. The summed E-state index contributed by atoms with van der Waals surface area (Å²) in [5.74, 6) is -4.00. The molecule has 194 valence electrons. The van der Waals surface area contributed by atoms with Gasteiger partial charge in [-0.2, -0.15) is 0 Å².